The van der Waals surface area contributed by atoms with E-state index in [0.29, 0.717) is 11.7 Å². The standard InChI is InChI=1S/C19H25NO3S/c21-16-7-3-6-15(8-16)18(22)20-12-19(13-20)9-17(11-24-19)23-10-14-4-1-2-5-14/h3,6-8,14,17,21H,1-2,4-5,9-13H2/t17-/m1/s1. The number of hydrogen-bond donors (Lipinski definition) is 1. The predicted octanol–water partition coefficient (Wildman–Crippen LogP) is 3.30. The van der Waals surface area contributed by atoms with Crippen molar-refractivity contribution in [3.63, 3.8) is 0 Å². The molecule has 24 heavy (non-hydrogen) atoms. The first-order valence-corrected chi connectivity index (χ1v) is 9.96. The normalized spacial score (nSPS) is 26.0. The Morgan fingerprint density at radius 1 is 1.33 bits per heavy atom. The average Bonchev–Trinajstić information content (AvgIpc) is 3.20. The van der Waals surface area contributed by atoms with Crippen molar-refractivity contribution in [2.45, 2.75) is 43.0 Å². The first-order chi connectivity index (χ1) is 11.6. The van der Waals surface area contributed by atoms with E-state index >= 15 is 0 Å². The summed E-state index contributed by atoms with van der Waals surface area (Å²) in [7, 11) is 0. The van der Waals surface area contributed by atoms with Gasteiger partial charge in [-0.2, -0.15) is 0 Å². The van der Waals surface area contributed by atoms with E-state index in [2.05, 4.69) is 0 Å². The molecule has 0 radical (unpaired) electrons. The molecule has 2 aliphatic heterocycles. The molecule has 4 nitrogen and oxygen atoms in total. The van der Waals surface area contributed by atoms with E-state index in [1.54, 1.807) is 24.3 Å². The van der Waals surface area contributed by atoms with E-state index in [-0.39, 0.29) is 16.4 Å². The second-order valence-corrected chi connectivity index (χ2v) is 9.00. The third-order valence-electron chi connectivity index (χ3n) is 5.56. The van der Waals surface area contributed by atoms with Crippen molar-refractivity contribution >= 4 is 17.7 Å². The van der Waals surface area contributed by atoms with Crippen LogP contribution in [0.5, 0.6) is 5.75 Å². The number of ether oxygens (including phenoxy) is 1. The Bertz CT molecular complexity index is 608. The van der Waals surface area contributed by atoms with E-state index in [9.17, 15) is 9.90 Å². The van der Waals surface area contributed by atoms with Gasteiger partial charge in [0.25, 0.3) is 5.91 Å². The summed E-state index contributed by atoms with van der Waals surface area (Å²) < 4.78 is 6.36. The minimum Gasteiger partial charge on any atom is -0.508 e. The molecule has 1 amide bonds. The van der Waals surface area contributed by atoms with Gasteiger partial charge in [-0.3, -0.25) is 4.79 Å². The number of nitrogens with zero attached hydrogens (tertiary/aromatic N) is 1. The summed E-state index contributed by atoms with van der Waals surface area (Å²) in [6, 6.07) is 6.62. The van der Waals surface area contributed by atoms with Gasteiger partial charge in [-0.15, -0.1) is 11.8 Å². The summed E-state index contributed by atoms with van der Waals surface area (Å²) in [6.07, 6.45) is 6.81. The lowest BCUT2D eigenvalue weighted by molar-refractivity contribution is 0.0197. The van der Waals surface area contributed by atoms with Crippen LogP contribution in [0.15, 0.2) is 24.3 Å². The van der Waals surface area contributed by atoms with Crippen molar-refractivity contribution in [2.24, 2.45) is 5.92 Å². The maximum Gasteiger partial charge on any atom is 0.254 e. The SMILES string of the molecule is O=C(c1cccc(O)c1)N1CC2(C[C@@H](OCC3CCCC3)CS2)C1. The van der Waals surface area contributed by atoms with Crippen molar-refractivity contribution in [3.05, 3.63) is 29.8 Å². The van der Waals surface area contributed by atoms with E-state index < -0.39 is 0 Å². The van der Waals surface area contributed by atoms with Crippen LogP contribution in [0.1, 0.15) is 42.5 Å². The highest BCUT2D eigenvalue weighted by Gasteiger charge is 2.51. The molecule has 2 saturated heterocycles. The molecular weight excluding hydrogens is 322 g/mol. The van der Waals surface area contributed by atoms with Crippen LogP contribution in [-0.2, 0) is 4.74 Å². The summed E-state index contributed by atoms with van der Waals surface area (Å²) >= 11 is 1.97. The van der Waals surface area contributed by atoms with E-state index in [1.165, 1.54) is 25.7 Å². The van der Waals surface area contributed by atoms with Crippen molar-refractivity contribution in [1.29, 1.82) is 0 Å². The van der Waals surface area contributed by atoms with E-state index in [0.717, 1.165) is 37.8 Å². The second kappa shape index (κ2) is 6.60. The lowest BCUT2D eigenvalue weighted by Crippen LogP contribution is -2.60. The maximum atomic E-state index is 12.5. The van der Waals surface area contributed by atoms with Gasteiger partial charge in [0.1, 0.15) is 5.75 Å². The van der Waals surface area contributed by atoms with Gasteiger partial charge in [-0.1, -0.05) is 18.9 Å². The molecule has 1 aliphatic carbocycles. The van der Waals surface area contributed by atoms with Crippen molar-refractivity contribution in [2.75, 3.05) is 25.4 Å². The van der Waals surface area contributed by atoms with Gasteiger partial charge < -0.3 is 14.7 Å². The first-order valence-electron chi connectivity index (χ1n) is 8.97. The van der Waals surface area contributed by atoms with Gasteiger partial charge >= 0.3 is 0 Å². The Morgan fingerprint density at radius 3 is 2.88 bits per heavy atom. The van der Waals surface area contributed by atoms with Crippen LogP contribution in [0.3, 0.4) is 0 Å². The summed E-state index contributed by atoms with van der Waals surface area (Å²) in [5.74, 6) is 2.00. The number of carbonyl (C=O) groups excluding carboxylic acids is 1. The lowest BCUT2D eigenvalue weighted by atomic mass is 9.92. The monoisotopic (exact) mass is 347 g/mol. The van der Waals surface area contributed by atoms with Gasteiger partial charge in [0.15, 0.2) is 0 Å². The van der Waals surface area contributed by atoms with Gasteiger partial charge in [-0.25, -0.2) is 0 Å². The molecule has 3 aliphatic rings. The third-order valence-corrected chi connectivity index (χ3v) is 7.13. The van der Waals surface area contributed by atoms with E-state index in [1.807, 2.05) is 16.7 Å². The molecule has 5 heteroatoms. The van der Waals surface area contributed by atoms with Crippen LogP contribution >= 0.6 is 11.8 Å². The van der Waals surface area contributed by atoms with Crippen LogP contribution in [0.25, 0.3) is 0 Å². The molecule has 1 N–H and O–H groups in total. The smallest absolute Gasteiger partial charge is 0.254 e. The number of benzene rings is 1. The van der Waals surface area contributed by atoms with Crippen LogP contribution in [0.2, 0.25) is 0 Å². The fourth-order valence-electron chi connectivity index (χ4n) is 4.19. The maximum absolute atomic E-state index is 12.5. The summed E-state index contributed by atoms with van der Waals surface area (Å²) in [5.41, 5.74) is 0.571. The molecule has 130 valence electrons. The number of amides is 1. The van der Waals surface area contributed by atoms with Crippen molar-refractivity contribution in [3.8, 4) is 5.75 Å². The Hall–Kier alpha value is -1.20. The highest BCUT2D eigenvalue weighted by Crippen LogP contribution is 2.46. The third kappa shape index (κ3) is 3.29. The molecule has 1 aromatic rings. The lowest BCUT2D eigenvalue weighted by Gasteiger charge is -2.47. The molecule has 1 aromatic carbocycles. The van der Waals surface area contributed by atoms with Crippen LogP contribution in [0, 0.1) is 5.92 Å². The Morgan fingerprint density at radius 2 is 2.12 bits per heavy atom. The summed E-state index contributed by atoms with van der Waals surface area (Å²) in [4.78, 5) is 14.4. The molecule has 0 unspecified atom stereocenters. The molecule has 1 saturated carbocycles. The number of rotatable bonds is 4. The van der Waals surface area contributed by atoms with Crippen LogP contribution < -0.4 is 0 Å². The molecule has 1 spiro atoms. The molecule has 1 atom stereocenters. The topological polar surface area (TPSA) is 49.8 Å². The van der Waals surface area contributed by atoms with Gasteiger partial charge in [0.2, 0.25) is 0 Å². The summed E-state index contributed by atoms with van der Waals surface area (Å²) in [5, 5.41) is 9.53. The fraction of sp³-hybridized carbons (Fsp3) is 0.632. The van der Waals surface area contributed by atoms with Crippen LogP contribution in [-0.4, -0.2) is 52.2 Å². The number of hydrogen-bond acceptors (Lipinski definition) is 4. The van der Waals surface area contributed by atoms with Crippen molar-refractivity contribution < 1.29 is 14.6 Å². The number of likely N-dealkylation sites (tertiary alicyclic amines) is 1. The zero-order chi connectivity index (χ0) is 16.6. The Kier molecular flexibility index (Phi) is 4.48. The largest absolute Gasteiger partial charge is 0.508 e. The fourth-order valence-corrected chi connectivity index (χ4v) is 5.75. The molecule has 3 fully saturated rings. The second-order valence-electron chi connectivity index (χ2n) is 7.52. The zero-order valence-corrected chi connectivity index (χ0v) is 14.8. The molecule has 4 rings (SSSR count). The van der Waals surface area contributed by atoms with Crippen molar-refractivity contribution in [1.82, 2.24) is 4.90 Å². The highest BCUT2D eigenvalue weighted by molar-refractivity contribution is 8.01. The number of aromatic hydroxyl groups is 1. The number of thioether (sulfide) groups is 1. The van der Waals surface area contributed by atoms with Gasteiger partial charge in [-0.05, 0) is 43.4 Å². The van der Waals surface area contributed by atoms with E-state index in [4.69, 9.17) is 4.74 Å². The number of phenols is 1. The molecule has 2 heterocycles. The average molecular weight is 347 g/mol. The first kappa shape index (κ1) is 16.3. The molecular formula is C19H25NO3S. The summed E-state index contributed by atoms with van der Waals surface area (Å²) in [6.45, 7) is 2.53. The molecule has 0 aromatic heterocycles. The highest BCUT2D eigenvalue weighted by atomic mass is 32.2. The van der Waals surface area contributed by atoms with Crippen LogP contribution in [0.4, 0.5) is 0 Å². The Labute approximate surface area is 147 Å². The van der Waals surface area contributed by atoms with Gasteiger partial charge in [0.05, 0.1) is 10.9 Å². The zero-order valence-electron chi connectivity index (χ0n) is 13.9. The molecule has 0 bridgehead atoms. The number of carbonyl (C=O) groups is 1. The Balaban J connectivity index is 1.26. The minimum absolute atomic E-state index is 0.0208. The quantitative estimate of drug-likeness (QED) is 0.908. The van der Waals surface area contributed by atoms with Gasteiger partial charge in [0, 0.05) is 31.0 Å². The predicted molar refractivity (Wildman–Crippen MR) is 95.5 cm³/mol. The number of phenolic OH excluding ortho intramolecular Hbond substituents is 1. The minimum atomic E-state index is 0.0208.